The molecule has 1 aromatic heterocycles. The third-order valence-electron chi connectivity index (χ3n) is 5.87. The lowest BCUT2D eigenvalue weighted by atomic mass is 9.96. The molecule has 1 N–H and O–H groups in total. The molecule has 2 aliphatic heterocycles. The molecule has 0 saturated carbocycles. The molecule has 7 nitrogen and oxygen atoms in total. The van der Waals surface area contributed by atoms with Crippen molar-refractivity contribution in [2.45, 2.75) is 45.2 Å². The monoisotopic (exact) mass is 429 g/mol. The van der Waals surface area contributed by atoms with Crippen LogP contribution in [-0.4, -0.2) is 51.1 Å². The molecule has 2 aliphatic rings. The Morgan fingerprint density at radius 3 is 2.83 bits per heavy atom. The summed E-state index contributed by atoms with van der Waals surface area (Å²) < 4.78 is 5.42. The molecule has 1 amide bonds. The van der Waals surface area contributed by atoms with Crippen LogP contribution in [0.15, 0.2) is 24.4 Å². The van der Waals surface area contributed by atoms with Gasteiger partial charge >= 0.3 is 5.97 Å². The number of halogens is 1. The van der Waals surface area contributed by atoms with Crippen LogP contribution in [0.3, 0.4) is 0 Å². The van der Waals surface area contributed by atoms with Crippen molar-refractivity contribution in [3.8, 4) is 11.3 Å². The standard InChI is InChI=1S/C22H24ClN3O4/c1-2-18(22(28)29)26-12-15-4-3-14(10-16(15)21(26)27)20-17(23)11-24-19(25-20)9-13-5-7-30-8-6-13/h3-4,10-11,13,18H,2,5-9,12H2,1H3,(H,28,29). The third kappa shape index (κ3) is 4.04. The molecule has 1 aromatic carbocycles. The first kappa shape index (κ1) is 20.8. The number of carboxylic acids is 1. The summed E-state index contributed by atoms with van der Waals surface area (Å²) in [5, 5.41) is 9.85. The van der Waals surface area contributed by atoms with Gasteiger partial charge in [0.15, 0.2) is 0 Å². The molecule has 0 aliphatic carbocycles. The molecule has 3 heterocycles. The highest BCUT2D eigenvalue weighted by atomic mass is 35.5. The van der Waals surface area contributed by atoms with Gasteiger partial charge in [0.2, 0.25) is 0 Å². The van der Waals surface area contributed by atoms with Crippen LogP contribution in [0.2, 0.25) is 5.02 Å². The van der Waals surface area contributed by atoms with Gasteiger partial charge in [-0.25, -0.2) is 14.8 Å². The number of benzene rings is 1. The molecule has 0 spiro atoms. The van der Waals surface area contributed by atoms with Crippen molar-refractivity contribution in [1.82, 2.24) is 14.9 Å². The summed E-state index contributed by atoms with van der Waals surface area (Å²) in [6.07, 6.45) is 4.72. The van der Waals surface area contributed by atoms with Gasteiger partial charge in [-0.2, -0.15) is 0 Å². The molecule has 4 rings (SSSR count). The fourth-order valence-corrected chi connectivity index (χ4v) is 4.36. The number of aromatic nitrogens is 2. The Bertz CT molecular complexity index is 975. The predicted octanol–water partition coefficient (Wildman–Crippen LogP) is 3.59. The summed E-state index contributed by atoms with van der Waals surface area (Å²) in [7, 11) is 0. The van der Waals surface area contributed by atoms with Gasteiger partial charge in [0, 0.05) is 43.5 Å². The molecule has 8 heteroatoms. The maximum absolute atomic E-state index is 12.9. The SMILES string of the molecule is CCC(C(=O)O)N1Cc2ccc(-c3nc(CC4CCOCC4)ncc3Cl)cc2C1=O. The highest BCUT2D eigenvalue weighted by Gasteiger charge is 2.35. The van der Waals surface area contributed by atoms with Crippen molar-refractivity contribution in [2.75, 3.05) is 13.2 Å². The van der Waals surface area contributed by atoms with E-state index >= 15 is 0 Å². The smallest absolute Gasteiger partial charge is 0.326 e. The second-order valence-electron chi connectivity index (χ2n) is 7.81. The van der Waals surface area contributed by atoms with Gasteiger partial charge in [-0.05, 0) is 36.8 Å². The average molecular weight is 430 g/mol. The van der Waals surface area contributed by atoms with Crippen LogP contribution in [0, 0.1) is 5.92 Å². The zero-order chi connectivity index (χ0) is 21.3. The fraction of sp³-hybridized carbons (Fsp3) is 0.455. The highest BCUT2D eigenvalue weighted by molar-refractivity contribution is 6.32. The fourth-order valence-electron chi connectivity index (χ4n) is 4.16. The number of amides is 1. The van der Waals surface area contributed by atoms with Crippen LogP contribution in [0.4, 0.5) is 0 Å². The number of aliphatic carboxylic acids is 1. The van der Waals surface area contributed by atoms with Crippen molar-refractivity contribution in [3.05, 3.63) is 46.4 Å². The number of fused-ring (bicyclic) bond motifs is 1. The van der Waals surface area contributed by atoms with Gasteiger partial charge in [-0.1, -0.05) is 30.7 Å². The van der Waals surface area contributed by atoms with E-state index in [0.717, 1.165) is 49.4 Å². The van der Waals surface area contributed by atoms with Gasteiger partial charge in [-0.15, -0.1) is 0 Å². The van der Waals surface area contributed by atoms with Crippen LogP contribution in [0.25, 0.3) is 11.3 Å². The number of nitrogens with zero attached hydrogens (tertiary/aromatic N) is 3. The number of rotatable bonds is 6. The third-order valence-corrected chi connectivity index (χ3v) is 6.15. The minimum absolute atomic E-state index is 0.270. The number of carbonyl (C=O) groups excluding carboxylic acids is 1. The van der Waals surface area contributed by atoms with E-state index in [1.54, 1.807) is 19.2 Å². The van der Waals surface area contributed by atoms with Crippen molar-refractivity contribution in [1.29, 1.82) is 0 Å². The number of ether oxygens (including phenoxy) is 1. The summed E-state index contributed by atoms with van der Waals surface area (Å²) in [6.45, 7) is 3.60. The van der Waals surface area contributed by atoms with Crippen LogP contribution in [0.5, 0.6) is 0 Å². The first-order chi connectivity index (χ1) is 14.5. The van der Waals surface area contributed by atoms with Gasteiger partial charge < -0.3 is 14.7 Å². The summed E-state index contributed by atoms with van der Waals surface area (Å²) >= 11 is 6.39. The van der Waals surface area contributed by atoms with Gasteiger partial charge in [0.25, 0.3) is 5.91 Å². The first-order valence-corrected chi connectivity index (χ1v) is 10.6. The minimum atomic E-state index is -0.990. The van der Waals surface area contributed by atoms with E-state index in [-0.39, 0.29) is 5.91 Å². The van der Waals surface area contributed by atoms with Crippen LogP contribution >= 0.6 is 11.6 Å². The molecule has 30 heavy (non-hydrogen) atoms. The molecule has 158 valence electrons. The quantitative estimate of drug-likeness (QED) is 0.754. The molecule has 1 fully saturated rings. The number of hydrogen-bond donors (Lipinski definition) is 1. The van der Waals surface area contributed by atoms with Crippen LogP contribution < -0.4 is 0 Å². The summed E-state index contributed by atoms with van der Waals surface area (Å²) in [5.41, 5.74) is 2.64. The number of hydrogen-bond acceptors (Lipinski definition) is 5. The maximum Gasteiger partial charge on any atom is 0.326 e. The molecule has 1 atom stereocenters. The van der Waals surface area contributed by atoms with E-state index in [2.05, 4.69) is 9.97 Å². The molecular weight excluding hydrogens is 406 g/mol. The maximum atomic E-state index is 12.9. The Morgan fingerprint density at radius 2 is 2.13 bits per heavy atom. The normalized spacial score (nSPS) is 17.8. The Kier molecular flexibility index (Phi) is 6.01. The van der Waals surface area contributed by atoms with Crippen molar-refractivity contribution >= 4 is 23.5 Å². The van der Waals surface area contributed by atoms with Crippen LogP contribution in [0.1, 0.15) is 47.9 Å². The van der Waals surface area contributed by atoms with Gasteiger partial charge in [0.1, 0.15) is 11.9 Å². The molecule has 0 bridgehead atoms. The van der Waals surface area contributed by atoms with Crippen molar-refractivity contribution in [2.24, 2.45) is 5.92 Å². The van der Waals surface area contributed by atoms with E-state index in [1.807, 2.05) is 12.1 Å². The van der Waals surface area contributed by atoms with E-state index in [4.69, 9.17) is 16.3 Å². The molecular formula is C22H24ClN3O4. The molecule has 0 radical (unpaired) electrons. The first-order valence-electron chi connectivity index (χ1n) is 10.2. The largest absolute Gasteiger partial charge is 0.480 e. The molecule has 2 aromatic rings. The lowest BCUT2D eigenvalue weighted by molar-refractivity contribution is -0.142. The Morgan fingerprint density at radius 1 is 1.37 bits per heavy atom. The van der Waals surface area contributed by atoms with E-state index < -0.39 is 12.0 Å². The number of carbonyl (C=O) groups is 2. The van der Waals surface area contributed by atoms with E-state index in [1.165, 1.54) is 4.90 Å². The van der Waals surface area contributed by atoms with Crippen molar-refractivity contribution < 1.29 is 19.4 Å². The zero-order valence-electron chi connectivity index (χ0n) is 16.8. The lowest BCUT2D eigenvalue weighted by Crippen LogP contribution is -2.40. The Balaban J connectivity index is 1.61. The molecule has 1 saturated heterocycles. The second kappa shape index (κ2) is 8.70. The topological polar surface area (TPSA) is 92.6 Å². The zero-order valence-corrected chi connectivity index (χ0v) is 17.6. The summed E-state index contributed by atoms with van der Waals surface area (Å²) in [6, 6.07) is 4.66. The highest BCUT2D eigenvalue weighted by Crippen LogP contribution is 2.32. The van der Waals surface area contributed by atoms with E-state index in [0.29, 0.717) is 35.2 Å². The molecule has 1 unspecified atom stereocenters. The van der Waals surface area contributed by atoms with Crippen LogP contribution in [-0.2, 0) is 22.5 Å². The van der Waals surface area contributed by atoms with Gasteiger partial charge in [-0.3, -0.25) is 4.79 Å². The van der Waals surface area contributed by atoms with Crippen molar-refractivity contribution in [3.63, 3.8) is 0 Å². The Hall–Kier alpha value is -2.51. The van der Waals surface area contributed by atoms with Gasteiger partial charge in [0.05, 0.1) is 10.7 Å². The second-order valence-corrected chi connectivity index (χ2v) is 8.22. The summed E-state index contributed by atoms with van der Waals surface area (Å²) in [4.78, 5) is 34.9. The van der Waals surface area contributed by atoms with E-state index in [9.17, 15) is 14.7 Å². The lowest BCUT2D eigenvalue weighted by Gasteiger charge is -2.22. The predicted molar refractivity (Wildman–Crippen MR) is 111 cm³/mol. The summed E-state index contributed by atoms with van der Waals surface area (Å²) in [5.74, 6) is -0.0409. The number of carboxylic acid groups (broad SMARTS) is 1. The Labute approximate surface area is 180 Å². The minimum Gasteiger partial charge on any atom is -0.480 e. The average Bonchev–Trinajstić information content (AvgIpc) is 3.06.